The summed E-state index contributed by atoms with van der Waals surface area (Å²) in [5.41, 5.74) is 1.33. The number of hydrogen-bond acceptors (Lipinski definition) is 7. The van der Waals surface area contributed by atoms with Crippen LogP contribution in [0.1, 0.15) is 25.7 Å². The standard InChI is InChI=1S/C24H25BrF2N6O3S/c25-15-9-16-17(36-8-7-35-16)10-18(15)37-23-30-19-20(28)29-12-33(21(19)31-23)6-3-13-1-4-32(5-2-13)22(34)14-11-24(14,26)27/h9-10,12-14,28H,1-8,11H2,(H,30,31). The minimum atomic E-state index is -2.81. The van der Waals surface area contributed by atoms with Gasteiger partial charge in [0.2, 0.25) is 5.91 Å². The Morgan fingerprint density at radius 1 is 1.24 bits per heavy atom. The first-order valence-corrected chi connectivity index (χ1v) is 13.8. The van der Waals surface area contributed by atoms with Crippen LogP contribution in [0.15, 0.2) is 33.0 Å². The molecule has 4 heterocycles. The van der Waals surface area contributed by atoms with Crippen molar-refractivity contribution in [1.82, 2.24) is 24.4 Å². The Balaban J connectivity index is 1.12. The number of fused-ring (bicyclic) bond motifs is 2. The maximum atomic E-state index is 13.3. The molecule has 2 aromatic heterocycles. The monoisotopic (exact) mass is 594 g/mol. The maximum absolute atomic E-state index is 13.3. The zero-order chi connectivity index (χ0) is 25.7. The first kappa shape index (κ1) is 24.7. The van der Waals surface area contributed by atoms with E-state index in [4.69, 9.17) is 19.9 Å². The number of likely N-dealkylation sites (tertiary alicyclic amines) is 1. The Morgan fingerprint density at radius 3 is 2.65 bits per heavy atom. The number of imidazole rings is 1. The molecule has 0 radical (unpaired) electrons. The van der Waals surface area contributed by atoms with Gasteiger partial charge in [-0.25, -0.2) is 18.7 Å². The molecule has 2 N–H and O–H groups in total. The van der Waals surface area contributed by atoms with Crippen LogP contribution in [-0.4, -0.2) is 62.6 Å². The Kier molecular flexibility index (Phi) is 6.38. The molecule has 1 atom stereocenters. The molecule has 0 bridgehead atoms. The van der Waals surface area contributed by atoms with Crippen LogP contribution < -0.4 is 15.0 Å². The number of rotatable bonds is 6. The number of ether oxygens (including phenoxy) is 2. The van der Waals surface area contributed by atoms with Crippen LogP contribution in [0, 0.1) is 17.2 Å². The zero-order valence-corrected chi connectivity index (χ0v) is 22.2. The van der Waals surface area contributed by atoms with Crippen molar-refractivity contribution in [2.75, 3.05) is 26.3 Å². The van der Waals surface area contributed by atoms with E-state index < -0.39 is 17.7 Å². The molecule has 37 heavy (non-hydrogen) atoms. The predicted molar refractivity (Wildman–Crippen MR) is 134 cm³/mol. The molecule has 1 aromatic carbocycles. The predicted octanol–water partition coefficient (Wildman–Crippen LogP) is 4.21. The van der Waals surface area contributed by atoms with Crippen molar-refractivity contribution >= 4 is 44.8 Å². The molecule has 2 aliphatic heterocycles. The topological polar surface area (TPSA) is 109 Å². The van der Waals surface area contributed by atoms with Gasteiger partial charge in [-0.15, -0.1) is 0 Å². The Bertz CT molecular complexity index is 1420. The van der Waals surface area contributed by atoms with Crippen LogP contribution in [0.3, 0.4) is 0 Å². The number of hydrogen-bond donors (Lipinski definition) is 2. The number of H-pyrrole nitrogens is 1. The summed E-state index contributed by atoms with van der Waals surface area (Å²) < 4.78 is 40.6. The molecule has 1 aliphatic carbocycles. The summed E-state index contributed by atoms with van der Waals surface area (Å²) in [7, 11) is 0. The molecule has 3 aliphatic rings. The Labute approximate surface area is 223 Å². The van der Waals surface area contributed by atoms with E-state index in [1.165, 1.54) is 11.8 Å². The number of aromatic amines is 1. The highest BCUT2D eigenvalue weighted by Crippen LogP contribution is 2.50. The van der Waals surface area contributed by atoms with E-state index in [1.54, 1.807) is 11.2 Å². The van der Waals surface area contributed by atoms with Crippen molar-refractivity contribution in [2.24, 2.45) is 11.8 Å². The minimum absolute atomic E-state index is 0.121. The third-order valence-electron chi connectivity index (χ3n) is 7.13. The fourth-order valence-electron chi connectivity index (χ4n) is 4.87. The number of amides is 1. The number of alkyl halides is 2. The summed E-state index contributed by atoms with van der Waals surface area (Å²) in [6.45, 7) is 2.72. The molecule has 13 heteroatoms. The van der Waals surface area contributed by atoms with Gasteiger partial charge in [0, 0.05) is 35.4 Å². The Morgan fingerprint density at radius 2 is 1.95 bits per heavy atom. The van der Waals surface area contributed by atoms with Crippen molar-refractivity contribution in [1.29, 1.82) is 5.41 Å². The van der Waals surface area contributed by atoms with E-state index in [2.05, 4.69) is 25.9 Å². The normalized spacial score (nSPS) is 20.8. The summed E-state index contributed by atoms with van der Waals surface area (Å²) in [6, 6.07) is 3.79. The van der Waals surface area contributed by atoms with Gasteiger partial charge < -0.3 is 23.9 Å². The number of halogens is 3. The van der Waals surface area contributed by atoms with E-state index in [0.717, 1.165) is 28.6 Å². The van der Waals surface area contributed by atoms with Gasteiger partial charge in [0.15, 0.2) is 27.8 Å². The highest BCUT2D eigenvalue weighted by atomic mass is 79.9. The maximum Gasteiger partial charge on any atom is 0.260 e. The quantitative estimate of drug-likeness (QED) is 0.442. The lowest BCUT2D eigenvalue weighted by atomic mass is 9.93. The van der Waals surface area contributed by atoms with Crippen LogP contribution in [-0.2, 0) is 11.3 Å². The number of nitrogens with one attached hydrogen (secondary N) is 2. The number of aryl methyl sites for hydroxylation is 1. The molecule has 196 valence electrons. The molecule has 3 aromatic rings. The molecular weight excluding hydrogens is 570 g/mol. The fraction of sp³-hybridized carbons (Fsp3) is 0.500. The van der Waals surface area contributed by atoms with Crippen LogP contribution in [0.25, 0.3) is 11.2 Å². The van der Waals surface area contributed by atoms with Gasteiger partial charge in [-0.3, -0.25) is 10.2 Å². The van der Waals surface area contributed by atoms with E-state index in [-0.39, 0.29) is 11.9 Å². The minimum Gasteiger partial charge on any atom is -0.486 e. The lowest BCUT2D eigenvalue weighted by Crippen LogP contribution is -2.40. The molecular formula is C24H25BrF2N6O3S. The molecule has 1 amide bonds. The van der Waals surface area contributed by atoms with E-state index in [1.807, 2.05) is 16.7 Å². The van der Waals surface area contributed by atoms with Crippen LogP contribution >= 0.6 is 27.7 Å². The molecule has 1 saturated heterocycles. The first-order valence-electron chi connectivity index (χ1n) is 12.2. The van der Waals surface area contributed by atoms with Gasteiger partial charge in [0.25, 0.3) is 5.92 Å². The van der Waals surface area contributed by atoms with Crippen molar-refractivity contribution < 1.29 is 23.0 Å². The number of aromatic nitrogens is 4. The highest BCUT2D eigenvalue weighted by Gasteiger charge is 2.62. The summed E-state index contributed by atoms with van der Waals surface area (Å²) in [4.78, 5) is 26.9. The third-order valence-corrected chi connectivity index (χ3v) is 8.99. The molecule has 1 saturated carbocycles. The second-order valence-electron chi connectivity index (χ2n) is 9.63. The number of carbonyl (C=O) groups excluding carboxylic acids is 1. The van der Waals surface area contributed by atoms with Crippen molar-refractivity contribution in [2.45, 2.75) is 48.2 Å². The second kappa shape index (κ2) is 9.57. The number of benzene rings is 1. The van der Waals surface area contributed by atoms with Gasteiger partial charge >= 0.3 is 0 Å². The third kappa shape index (κ3) is 4.95. The molecule has 0 spiro atoms. The fourth-order valence-corrected chi connectivity index (χ4v) is 6.25. The van der Waals surface area contributed by atoms with Gasteiger partial charge in [-0.2, -0.15) is 0 Å². The van der Waals surface area contributed by atoms with Crippen LogP contribution in [0.5, 0.6) is 11.5 Å². The molecule has 1 unspecified atom stereocenters. The van der Waals surface area contributed by atoms with Gasteiger partial charge in [0.05, 0.1) is 6.33 Å². The van der Waals surface area contributed by atoms with Crippen LogP contribution in [0.4, 0.5) is 8.78 Å². The summed E-state index contributed by atoms with van der Waals surface area (Å²) >= 11 is 5.01. The molecule has 2 fully saturated rings. The average molecular weight is 595 g/mol. The Hall–Kier alpha value is -2.67. The largest absolute Gasteiger partial charge is 0.486 e. The number of carbonyl (C=O) groups is 1. The first-order chi connectivity index (χ1) is 17.8. The van der Waals surface area contributed by atoms with E-state index >= 15 is 0 Å². The van der Waals surface area contributed by atoms with Crippen LogP contribution in [0.2, 0.25) is 0 Å². The zero-order valence-electron chi connectivity index (χ0n) is 19.8. The van der Waals surface area contributed by atoms with Crippen molar-refractivity contribution in [3.05, 3.63) is 28.4 Å². The highest BCUT2D eigenvalue weighted by molar-refractivity contribution is 9.10. The van der Waals surface area contributed by atoms with E-state index in [0.29, 0.717) is 66.6 Å². The molecule has 9 nitrogen and oxygen atoms in total. The summed E-state index contributed by atoms with van der Waals surface area (Å²) in [5.74, 6) is -2.57. The SMILES string of the molecule is N=c1ncn(CCC2CCN(C(=O)C3CC3(F)F)CC2)c2nc(Sc3cc4c(cc3Br)OCCO4)[nH]c12. The second-order valence-corrected chi connectivity index (χ2v) is 11.5. The van der Waals surface area contributed by atoms with Gasteiger partial charge in [0.1, 0.15) is 24.6 Å². The summed E-state index contributed by atoms with van der Waals surface area (Å²) in [6.07, 6.45) is 3.75. The van der Waals surface area contributed by atoms with Gasteiger partial charge in [-0.1, -0.05) is 11.8 Å². The van der Waals surface area contributed by atoms with E-state index in [9.17, 15) is 13.6 Å². The number of piperidine rings is 1. The van der Waals surface area contributed by atoms with Crippen molar-refractivity contribution in [3.63, 3.8) is 0 Å². The van der Waals surface area contributed by atoms with Gasteiger partial charge in [-0.05, 0) is 53.2 Å². The van der Waals surface area contributed by atoms with Crippen molar-refractivity contribution in [3.8, 4) is 11.5 Å². The summed E-state index contributed by atoms with van der Waals surface area (Å²) in [5, 5.41) is 8.87. The lowest BCUT2D eigenvalue weighted by Gasteiger charge is -2.32. The smallest absolute Gasteiger partial charge is 0.260 e. The molecule has 6 rings (SSSR count). The average Bonchev–Trinajstić information content (AvgIpc) is 3.31. The lowest BCUT2D eigenvalue weighted by molar-refractivity contribution is -0.136. The number of nitrogens with zero attached hydrogens (tertiary/aromatic N) is 4.